The first-order valence-corrected chi connectivity index (χ1v) is 6.18. The van der Waals surface area contributed by atoms with E-state index in [9.17, 15) is 9.59 Å². The molecule has 0 aliphatic heterocycles. The van der Waals surface area contributed by atoms with Gasteiger partial charge in [-0.05, 0) is 50.4 Å². The summed E-state index contributed by atoms with van der Waals surface area (Å²) < 4.78 is 0. The molecule has 2 N–H and O–H groups in total. The van der Waals surface area contributed by atoms with Gasteiger partial charge in [-0.2, -0.15) is 0 Å². The van der Waals surface area contributed by atoms with Crippen molar-refractivity contribution in [2.45, 2.75) is 44.6 Å². The Kier molecular flexibility index (Phi) is 2.03. The molecule has 0 bridgehead atoms. The quantitative estimate of drug-likeness (QED) is 0.687. The molecule has 0 aromatic carbocycles. The zero-order chi connectivity index (χ0) is 11.3. The second-order valence-electron chi connectivity index (χ2n) is 5.56. The lowest BCUT2D eigenvalue weighted by Gasteiger charge is -2.20. The summed E-state index contributed by atoms with van der Waals surface area (Å²) >= 11 is 0. The van der Waals surface area contributed by atoms with E-state index in [4.69, 9.17) is 5.11 Å². The molecule has 0 radical (unpaired) electrons. The zero-order valence-electron chi connectivity index (χ0n) is 9.24. The molecule has 1 amide bonds. The van der Waals surface area contributed by atoms with E-state index in [0.717, 1.165) is 0 Å². The molecule has 3 saturated carbocycles. The fourth-order valence-corrected chi connectivity index (χ4v) is 2.48. The summed E-state index contributed by atoms with van der Waals surface area (Å²) in [6, 6.07) is 0.268. The van der Waals surface area contributed by atoms with Crippen LogP contribution >= 0.6 is 0 Å². The Balaban J connectivity index is 1.64. The summed E-state index contributed by atoms with van der Waals surface area (Å²) in [6.07, 6.45) is 5.80. The second kappa shape index (κ2) is 3.22. The van der Waals surface area contributed by atoms with Gasteiger partial charge in [0.1, 0.15) is 5.41 Å². The van der Waals surface area contributed by atoms with E-state index in [1.54, 1.807) is 0 Å². The molecule has 3 aliphatic rings. The average molecular weight is 223 g/mol. The van der Waals surface area contributed by atoms with Crippen molar-refractivity contribution < 1.29 is 14.7 Å². The van der Waals surface area contributed by atoms with Crippen molar-refractivity contribution >= 4 is 11.9 Å². The van der Waals surface area contributed by atoms with Gasteiger partial charge in [0, 0.05) is 6.04 Å². The number of hydrogen-bond acceptors (Lipinski definition) is 2. The molecule has 3 fully saturated rings. The van der Waals surface area contributed by atoms with E-state index in [0.29, 0.717) is 24.7 Å². The summed E-state index contributed by atoms with van der Waals surface area (Å²) in [4.78, 5) is 23.0. The lowest BCUT2D eigenvalue weighted by atomic mass is 10.0. The highest BCUT2D eigenvalue weighted by Crippen LogP contribution is 2.48. The van der Waals surface area contributed by atoms with Gasteiger partial charge in [0.15, 0.2) is 0 Å². The number of carboxylic acids is 1. The molecular formula is C12H17NO3. The number of nitrogens with one attached hydrogen (secondary N) is 1. The maximum atomic E-state index is 12.0. The fourth-order valence-electron chi connectivity index (χ4n) is 2.48. The van der Waals surface area contributed by atoms with Crippen LogP contribution in [0.3, 0.4) is 0 Å². The van der Waals surface area contributed by atoms with E-state index in [1.807, 2.05) is 0 Å². The number of carbonyl (C=O) groups excluding carboxylic acids is 1. The lowest BCUT2D eigenvalue weighted by molar-refractivity contribution is -0.149. The Bertz CT molecular complexity index is 328. The number of hydrogen-bond donors (Lipinski definition) is 2. The second-order valence-corrected chi connectivity index (χ2v) is 5.56. The first-order chi connectivity index (χ1) is 7.63. The van der Waals surface area contributed by atoms with Crippen molar-refractivity contribution in [1.29, 1.82) is 0 Å². The number of carbonyl (C=O) groups is 2. The number of rotatable bonds is 5. The maximum absolute atomic E-state index is 12.0. The smallest absolute Gasteiger partial charge is 0.319 e. The van der Waals surface area contributed by atoms with Crippen LogP contribution in [0.25, 0.3) is 0 Å². The Morgan fingerprint density at radius 1 is 1.12 bits per heavy atom. The van der Waals surface area contributed by atoms with Crippen molar-refractivity contribution in [3.05, 3.63) is 0 Å². The standard InChI is InChI=1S/C12H17NO3/c14-10(12(5-6-12)11(15)16)13-9(7-1-2-7)8-3-4-8/h7-9H,1-6H2,(H,13,14)(H,15,16). The summed E-state index contributed by atoms with van der Waals surface area (Å²) in [5.74, 6) is 0.0706. The molecule has 0 aromatic heterocycles. The van der Waals surface area contributed by atoms with Crippen molar-refractivity contribution in [2.24, 2.45) is 17.3 Å². The fraction of sp³-hybridized carbons (Fsp3) is 0.833. The molecule has 0 heterocycles. The minimum Gasteiger partial charge on any atom is -0.480 e. The summed E-state index contributed by atoms with van der Waals surface area (Å²) in [5.41, 5.74) is -1.07. The van der Waals surface area contributed by atoms with Gasteiger partial charge in [0.25, 0.3) is 0 Å². The van der Waals surface area contributed by atoms with E-state index < -0.39 is 11.4 Å². The Hall–Kier alpha value is -1.06. The van der Waals surface area contributed by atoms with Crippen molar-refractivity contribution in [1.82, 2.24) is 5.32 Å². The van der Waals surface area contributed by atoms with Crippen LogP contribution in [0, 0.1) is 17.3 Å². The van der Waals surface area contributed by atoms with Gasteiger partial charge in [-0.15, -0.1) is 0 Å². The molecule has 3 rings (SSSR count). The highest BCUT2D eigenvalue weighted by atomic mass is 16.4. The molecule has 3 aliphatic carbocycles. The number of amides is 1. The maximum Gasteiger partial charge on any atom is 0.319 e. The lowest BCUT2D eigenvalue weighted by Crippen LogP contribution is -2.44. The predicted molar refractivity (Wildman–Crippen MR) is 56.7 cm³/mol. The van der Waals surface area contributed by atoms with Gasteiger partial charge >= 0.3 is 5.97 Å². The molecule has 0 atom stereocenters. The van der Waals surface area contributed by atoms with Crippen LogP contribution < -0.4 is 5.32 Å². The van der Waals surface area contributed by atoms with Gasteiger partial charge in [0.2, 0.25) is 5.91 Å². The molecule has 0 spiro atoms. The molecule has 4 heteroatoms. The van der Waals surface area contributed by atoms with Crippen LogP contribution in [0.5, 0.6) is 0 Å². The summed E-state index contributed by atoms with van der Waals surface area (Å²) in [6.45, 7) is 0. The van der Waals surface area contributed by atoms with Gasteiger partial charge in [-0.1, -0.05) is 0 Å². The van der Waals surface area contributed by atoms with Gasteiger partial charge in [-0.25, -0.2) is 0 Å². The van der Waals surface area contributed by atoms with Crippen molar-refractivity contribution in [3.63, 3.8) is 0 Å². The van der Waals surface area contributed by atoms with Gasteiger partial charge < -0.3 is 10.4 Å². The monoisotopic (exact) mass is 223 g/mol. The van der Waals surface area contributed by atoms with Crippen LogP contribution in [-0.2, 0) is 9.59 Å². The van der Waals surface area contributed by atoms with Crippen LogP contribution in [-0.4, -0.2) is 23.0 Å². The topological polar surface area (TPSA) is 66.4 Å². The highest BCUT2D eigenvalue weighted by Gasteiger charge is 2.58. The molecule has 0 unspecified atom stereocenters. The van der Waals surface area contributed by atoms with Crippen molar-refractivity contribution in [3.8, 4) is 0 Å². The number of aliphatic carboxylic acids is 1. The Morgan fingerprint density at radius 2 is 1.62 bits per heavy atom. The van der Waals surface area contributed by atoms with Gasteiger partial charge in [-0.3, -0.25) is 9.59 Å². The minimum atomic E-state index is -1.07. The molecule has 0 saturated heterocycles. The first-order valence-electron chi connectivity index (χ1n) is 6.18. The number of carboxylic acid groups (broad SMARTS) is 1. The van der Waals surface area contributed by atoms with E-state index in [-0.39, 0.29) is 11.9 Å². The Morgan fingerprint density at radius 3 is 1.94 bits per heavy atom. The normalized spacial score (nSPS) is 26.6. The largest absolute Gasteiger partial charge is 0.480 e. The van der Waals surface area contributed by atoms with E-state index >= 15 is 0 Å². The van der Waals surface area contributed by atoms with Crippen LogP contribution in [0.15, 0.2) is 0 Å². The SMILES string of the molecule is O=C(O)C1(C(=O)NC(C2CC2)C2CC2)CC1. The van der Waals surface area contributed by atoms with Crippen LogP contribution in [0.1, 0.15) is 38.5 Å². The third-order valence-corrected chi connectivity index (χ3v) is 4.15. The highest BCUT2D eigenvalue weighted by molar-refractivity contribution is 6.04. The minimum absolute atomic E-state index is 0.233. The molecule has 0 aromatic rings. The third-order valence-electron chi connectivity index (χ3n) is 4.15. The Labute approximate surface area is 94.4 Å². The molecular weight excluding hydrogens is 206 g/mol. The zero-order valence-corrected chi connectivity index (χ0v) is 9.24. The van der Waals surface area contributed by atoms with Gasteiger partial charge in [0.05, 0.1) is 0 Å². The van der Waals surface area contributed by atoms with E-state index in [1.165, 1.54) is 25.7 Å². The first kappa shape index (κ1) is 10.1. The predicted octanol–water partition coefficient (Wildman–Crippen LogP) is 1.16. The van der Waals surface area contributed by atoms with Crippen molar-refractivity contribution in [2.75, 3.05) is 0 Å². The summed E-state index contributed by atoms with van der Waals surface area (Å²) in [7, 11) is 0. The molecule has 4 nitrogen and oxygen atoms in total. The molecule has 16 heavy (non-hydrogen) atoms. The van der Waals surface area contributed by atoms with E-state index in [2.05, 4.69) is 5.32 Å². The van der Waals surface area contributed by atoms with Crippen LogP contribution in [0.2, 0.25) is 0 Å². The average Bonchev–Trinajstić information content (AvgIpc) is 3.17. The molecule has 88 valence electrons. The van der Waals surface area contributed by atoms with Crippen LogP contribution in [0.4, 0.5) is 0 Å². The third kappa shape index (κ3) is 1.60. The summed E-state index contributed by atoms with van der Waals surface area (Å²) in [5, 5.41) is 12.0.